The van der Waals surface area contributed by atoms with Crippen molar-refractivity contribution in [3.8, 4) is 0 Å². The van der Waals surface area contributed by atoms with Crippen molar-refractivity contribution in [2.75, 3.05) is 25.5 Å². The second kappa shape index (κ2) is 6.49. The Morgan fingerprint density at radius 3 is 2.71 bits per heavy atom. The molecule has 0 atom stereocenters. The fraction of sp³-hybridized carbons (Fsp3) is 0.273. The Bertz CT molecular complexity index is 407. The van der Waals surface area contributed by atoms with E-state index < -0.39 is 12.0 Å². The van der Waals surface area contributed by atoms with Crippen molar-refractivity contribution >= 4 is 17.7 Å². The molecule has 1 aromatic carbocycles. The average molecular weight is 237 g/mol. The first-order valence-electron chi connectivity index (χ1n) is 5.11. The minimum absolute atomic E-state index is 0.304. The summed E-state index contributed by atoms with van der Waals surface area (Å²) in [5, 5.41) is 5.09. The van der Waals surface area contributed by atoms with Gasteiger partial charge in [0, 0.05) is 13.1 Å². The van der Waals surface area contributed by atoms with Crippen molar-refractivity contribution in [1.29, 1.82) is 0 Å². The Hall–Kier alpha value is -2.08. The van der Waals surface area contributed by atoms with E-state index in [-0.39, 0.29) is 0 Å². The van der Waals surface area contributed by atoms with Crippen LogP contribution < -0.4 is 16.4 Å². The van der Waals surface area contributed by atoms with Crippen LogP contribution in [-0.4, -0.2) is 32.2 Å². The van der Waals surface area contributed by atoms with Crippen LogP contribution in [0.1, 0.15) is 10.4 Å². The summed E-state index contributed by atoms with van der Waals surface area (Å²) in [7, 11) is 1.29. The Labute approximate surface area is 99.1 Å². The van der Waals surface area contributed by atoms with Gasteiger partial charge in [0.05, 0.1) is 18.4 Å². The van der Waals surface area contributed by atoms with Crippen LogP contribution in [0, 0.1) is 0 Å². The summed E-state index contributed by atoms with van der Waals surface area (Å²) in [5.74, 6) is -0.500. The molecule has 17 heavy (non-hydrogen) atoms. The zero-order chi connectivity index (χ0) is 12.7. The first kappa shape index (κ1) is 13.0. The third-order valence-electron chi connectivity index (χ3n) is 2.01. The van der Waals surface area contributed by atoms with E-state index in [1.165, 1.54) is 7.11 Å². The predicted molar refractivity (Wildman–Crippen MR) is 63.9 cm³/mol. The van der Waals surface area contributed by atoms with Gasteiger partial charge in [-0.3, -0.25) is 0 Å². The molecule has 2 amide bonds. The number of methoxy groups -OCH3 is 1. The normalized spacial score (nSPS) is 9.53. The summed E-state index contributed by atoms with van der Waals surface area (Å²) >= 11 is 0. The second-order valence-corrected chi connectivity index (χ2v) is 3.21. The molecule has 0 heterocycles. The first-order chi connectivity index (χ1) is 8.19. The van der Waals surface area contributed by atoms with Crippen LogP contribution >= 0.6 is 0 Å². The van der Waals surface area contributed by atoms with Crippen LogP contribution in [-0.2, 0) is 4.74 Å². The maximum Gasteiger partial charge on any atom is 0.339 e. The Kier molecular flexibility index (Phi) is 4.96. The molecule has 0 bridgehead atoms. The highest BCUT2D eigenvalue weighted by Crippen LogP contribution is 2.15. The van der Waals surface area contributed by atoms with E-state index in [4.69, 9.17) is 5.73 Å². The lowest BCUT2D eigenvalue weighted by Gasteiger charge is -2.10. The van der Waals surface area contributed by atoms with Gasteiger partial charge in [0.2, 0.25) is 0 Å². The SMILES string of the molecule is COC(=O)c1ccccc1NC(=O)NCCN. The molecule has 0 aliphatic rings. The second-order valence-electron chi connectivity index (χ2n) is 3.21. The predicted octanol–water partition coefficient (Wildman–Crippen LogP) is 0.553. The lowest BCUT2D eigenvalue weighted by molar-refractivity contribution is 0.0602. The van der Waals surface area contributed by atoms with Gasteiger partial charge in [-0.05, 0) is 12.1 Å². The number of carbonyl (C=O) groups is 2. The van der Waals surface area contributed by atoms with Gasteiger partial charge in [0.25, 0.3) is 0 Å². The van der Waals surface area contributed by atoms with Crippen molar-refractivity contribution in [3.63, 3.8) is 0 Å². The van der Waals surface area contributed by atoms with Gasteiger partial charge in [-0.1, -0.05) is 12.1 Å². The maximum absolute atomic E-state index is 11.4. The number of nitrogens with two attached hydrogens (primary N) is 1. The van der Waals surface area contributed by atoms with E-state index in [2.05, 4.69) is 15.4 Å². The summed E-state index contributed by atoms with van der Waals surface area (Å²) in [6.45, 7) is 0.721. The Balaban J connectivity index is 2.76. The number of nitrogens with one attached hydrogen (secondary N) is 2. The molecule has 0 aliphatic heterocycles. The largest absolute Gasteiger partial charge is 0.465 e. The molecule has 0 spiro atoms. The molecule has 6 nitrogen and oxygen atoms in total. The number of benzene rings is 1. The molecule has 0 unspecified atom stereocenters. The van der Waals surface area contributed by atoms with Crippen molar-refractivity contribution in [2.45, 2.75) is 0 Å². The molecule has 0 radical (unpaired) electrons. The van der Waals surface area contributed by atoms with Crippen LogP contribution in [0.15, 0.2) is 24.3 Å². The molecule has 6 heteroatoms. The van der Waals surface area contributed by atoms with E-state index in [9.17, 15) is 9.59 Å². The molecule has 0 aliphatic carbocycles. The molecule has 0 saturated carbocycles. The quantitative estimate of drug-likeness (QED) is 0.667. The summed E-state index contributed by atoms with van der Waals surface area (Å²) in [6.07, 6.45) is 0. The van der Waals surface area contributed by atoms with Crippen LogP contribution in [0.2, 0.25) is 0 Å². The third kappa shape index (κ3) is 3.76. The minimum Gasteiger partial charge on any atom is -0.465 e. The molecule has 1 aromatic rings. The lowest BCUT2D eigenvalue weighted by Crippen LogP contribution is -2.33. The van der Waals surface area contributed by atoms with Gasteiger partial charge in [-0.2, -0.15) is 0 Å². The molecular weight excluding hydrogens is 222 g/mol. The van der Waals surface area contributed by atoms with E-state index in [1.54, 1.807) is 24.3 Å². The zero-order valence-electron chi connectivity index (χ0n) is 9.53. The number of para-hydroxylation sites is 1. The summed E-state index contributed by atoms with van der Waals surface area (Å²) in [5.41, 5.74) is 5.95. The van der Waals surface area contributed by atoms with Gasteiger partial charge >= 0.3 is 12.0 Å². The highest BCUT2D eigenvalue weighted by molar-refractivity contribution is 6.00. The minimum atomic E-state index is -0.500. The topological polar surface area (TPSA) is 93.4 Å². The molecule has 1 rings (SSSR count). The highest BCUT2D eigenvalue weighted by atomic mass is 16.5. The molecule has 0 aromatic heterocycles. The van der Waals surface area contributed by atoms with Crippen LogP contribution in [0.25, 0.3) is 0 Å². The highest BCUT2D eigenvalue weighted by Gasteiger charge is 2.12. The number of hydrogen-bond acceptors (Lipinski definition) is 4. The zero-order valence-corrected chi connectivity index (χ0v) is 9.53. The van der Waals surface area contributed by atoms with Crippen LogP contribution in [0.3, 0.4) is 0 Å². The standard InChI is InChI=1S/C11H15N3O3/c1-17-10(15)8-4-2-3-5-9(8)14-11(16)13-7-6-12/h2-5H,6-7,12H2,1H3,(H2,13,14,16). The average Bonchev–Trinajstić information content (AvgIpc) is 2.36. The van der Waals surface area contributed by atoms with Gasteiger partial charge in [-0.25, -0.2) is 9.59 Å². The van der Waals surface area contributed by atoms with Crippen LogP contribution in [0.4, 0.5) is 10.5 Å². The Morgan fingerprint density at radius 2 is 2.06 bits per heavy atom. The number of esters is 1. The molecule has 4 N–H and O–H groups in total. The van der Waals surface area contributed by atoms with Crippen molar-refractivity contribution in [3.05, 3.63) is 29.8 Å². The molecular formula is C11H15N3O3. The fourth-order valence-electron chi connectivity index (χ4n) is 1.23. The Morgan fingerprint density at radius 1 is 1.35 bits per heavy atom. The van der Waals surface area contributed by atoms with E-state index in [0.29, 0.717) is 24.3 Å². The molecule has 0 fully saturated rings. The number of ether oxygens (including phenoxy) is 1. The first-order valence-corrected chi connectivity index (χ1v) is 5.11. The van der Waals surface area contributed by atoms with E-state index in [0.717, 1.165) is 0 Å². The van der Waals surface area contributed by atoms with E-state index in [1.807, 2.05) is 0 Å². The number of anilines is 1. The fourth-order valence-corrected chi connectivity index (χ4v) is 1.23. The summed E-state index contributed by atoms with van der Waals surface area (Å²) in [4.78, 5) is 22.8. The lowest BCUT2D eigenvalue weighted by atomic mass is 10.2. The van der Waals surface area contributed by atoms with Crippen molar-refractivity contribution in [1.82, 2.24) is 5.32 Å². The van der Waals surface area contributed by atoms with Crippen LogP contribution in [0.5, 0.6) is 0 Å². The molecule has 92 valence electrons. The monoisotopic (exact) mass is 237 g/mol. The van der Waals surface area contributed by atoms with Crippen molar-refractivity contribution < 1.29 is 14.3 Å². The van der Waals surface area contributed by atoms with Gasteiger partial charge in [-0.15, -0.1) is 0 Å². The summed E-state index contributed by atoms with van der Waals surface area (Å²) in [6, 6.07) is 6.19. The van der Waals surface area contributed by atoms with Gasteiger partial charge in [0.15, 0.2) is 0 Å². The number of hydrogen-bond donors (Lipinski definition) is 3. The van der Waals surface area contributed by atoms with Gasteiger partial charge in [0.1, 0.15) is 0 Å². The van der Waals surface area contributed by atoms with E-state index >= 15 is 0 Å². The smallest absolute Gasteiger partial charge is 0.339 e. The molecule has 0 saturated heterocycles. The maximum atomic E-state index is 11.4. The summed E-state index contributed by atoms with van der Waals surface area (Å²) < 4.78 is 4.61. The van der Waals surface area contributed by atoms with Crippen molar-refractivity contribution in [2.24, 2.45) is 5.73 Å². The number of amides is 2. The number of urea groups is 1. The third-order valence-corrected chi connectivity index (χ3v) is 2.01. The number of carbonyl (C=O) groups excluding carboxylic acids is 2. The number of rotatable bonds is 4. The van der Waals surface area contributed by atoms with Gasteiger partial charge < -0.3 is 21.1 Å².